The minimum absolute atomic E-state index is 0.604. The highest BCUT2D eigenvalue weighted by Gasteiger charge is 2.45. The van der Waals surface area contributed by atoms with Gasteiger partial charge in [-0.15, -0.1) is 11.3 Å². The molecule has 0 spiro atoms. The molecule has 2 heterocycles. The Bertz CT molecular complexity index is 621. The second kappa shape index (κ2) is 6.01. The van der Waals surface area contributed by atoms with Gasteiger partial charge in [-0.1, -0.05) is 30.3 Å². The van der Waals surface area contributed by atoms with Gasteiger partial charge in [0.2, 0.25) is 0 Å². The van der Waals surface area contributed by atoms with Gasteiger partial charge in [0, 0.05) is 31.2 Å². The van der Waals surface area contributed by atoms with E-state index in [1.807, 2.05) is 11.3 Å². The summed E-state index contributed by atoms with van der Waals surface area (Å²) in [4.78, 5) is 7.14. The molecule has 2 atom stereocenters. The van der Waals surface area contributed by atoms with Crippen molar-refractivity contribution >= 4 is 16.3 Å². The number of hydrogen-bond acceptors (Lipinski definition) is 4. The van der Waals surface area contributed by atoms with Gasteiger partial charge >= 0.3 is 0 Å². The third-order valence-electron chi connectivity index (χ3n) is 4.79. The lowest BCUT2D eigenvalue weighted by molar-refractivity contribution is 0.0841. The molecule has 4 heteroatoms. The molecule has 1 aliphatic heterocycles. The fourth-order valence-corrected chi connectivity index (χ4v) is 4.50. The number of benzene rings is 1. The summed E-state index contributed by atoms with van der Waals surface area (Å²) in [5.74, 6) is 0.673. The summed E-state index contributed by atoms with van der Waals surface area (Å²) in [6.45, 7) is 3.88. The molecule has 1 saturated heterocycles. The Hall–Kier alpha value is -1.39. The van der Waals surface area contributed by atoms with E-state index in [0.717, 1.165) is 31.1 Å². The van der Waals surface area contributed by atoms with Gasteiger partial charge in [0.25, 0.3) is 0 Å². The number of nitrogens with zero attached hydrogens (tertiary/aromatic N) is 2. The van der Waals surface area contributed by atoms with E-state index in [0.29, 0.717) is 18.0 Å². The second-order valence-corrected chi connectivity index (χ2v) is 7.50. The van der Waals surface area contributed by atoms with Crippen LogP contribution >= 0.6 is 11.3 Å². The van der Waals surface area contributed by atoms with Gasteiger partial charge in [-0.3, -0.25) is 0 Å². The smallest absolute Gasteiger partial charge is 0.112 e. The van der Waals surface area contributed by atoms with Crippen LogP contribution in [0.15, 0.2) is 36.5 Å². The number of rotatable bonds is 4. The van der Waals surface area contributed by atoms with Crippen LogP contribution in [0.5, 0.6) is 0 Å². The van der Waals surface area contributed by atoms with Gasteiger partial charge in [-0.25, -0.2) is 4.98 Å². The summed E-state index contributed by atoms with van der Waals surface area (Å²) in [5.41, 5.74) is 1.48. The maximum atomic E-state index is 5.56. The normalized spacial score (nSPS) is 25.1. The van der Waals surface area contributed by atoms with E-state index in [2.05, 4.69) is 53.3 Å². The van der Waals surface area contributed by atoms with Crippen LogP contribution in [-0.2, 0) is 4.74 Å². The number of anilines is 1. The van der Waals surface area contributed by atoms with Crippen molar-refractivity contribution in [2.45, 2.75) is 44.2 Å². The lowest BCUT2D eigenvalue weighted by Crippen LogP contribution is -2.41. The van der Waals surface area contributed by atoms with E-state index < -0.39 is 0 Å². The maximum Gasteiger partial charge on any atom is 0.112 e. The Morgan fingerprint density at radius 1 is 1.18 bits per heavy atom. The Morgan fingerprint density at radius 2 is 1.95 bits per heavy atom. The largest absolute Gasteiger partial charge is 0.381 e. The van der Waals surface area contributed by atoms with Crippen LogP contribution in [0.25, 0.3) is 0 Å². The molecule has 1 aromatic carbocycles. The highest BCUT2D eigenvalue weighted by molar-refractivity contribution is 7.15. The molecule has 0 N–H and O–H groups in total. The van der Waals surface area contributed by atoms with E-state index in [9.17, 15) is 0 Å². The fourth-order valence-electron chi connectivity index (χ4n) is 3.59. The van der Waals surface area contributed by atoms with Gasteiger partial charge in [-0.05, 0) is 31.7 Å². The SMILES string of the molecule is Cc1ncc(N(C2CCOCC2)[C@@H]2C[C@H]2c2ccccc2)s1. The third kappa shape index (κ3) is 2.77. The van der Waals surface area contributed by atoms with Crippen LogP contribution < -0.4 is 4.90 Å². The first-order chi connectivity index (χ1) is 10.8. The van der Waals surface area contributed by atoms with E-state index in [1.165, 1.54) is 17.0 Å². The van der Waals surface area contributed by atoms with Crippen molar-refractivity contribution < 1.29 is 4.74 Å². The average molecular weight is 314 g/mol. The van der Waals surface area contributed by atoms with Crippen LogP contribution in [0, 0.1) is 6.92 Å². The van der Waals surface area contributed by atoms with Gasteiger partial charge in [0.15, 0.2) is 0 Å². The molecule has 0 amide bonds. The highest BCUT2D eigenvalue weighted by Crippen LogP contribution is 2.48. The molecule has 2 aromatic rings. The maximum absolute atomic E-state index is 5.56. The van der Waals surface area contributed by atoms with Crippen molar-refractivity contribution in [1.82, 2.24) is 4.98 Å². The first-order valence-electron chi connectivity index (χ1n) is 8.16. The average Bonchev–Trinajstić information content (AvgIpc) is 3.23. The van der Waals surface area contributed by atoms with E-state index >= 15 is 0 Å². The Balaban J connectivity index is 1.58. The van der Waals surface area contributed by atoms with Crippen molar-refractivity contribution in [2.75, 3.05) is 18.1 Å². The minimum atomic E-state index is 0.604. The predicted octanol–water partition coefficient (Wildman–Crippen LogP) is 3.99. The predicted molar refractivity (Wildman–Crippen MR) is 90.8 cm³/mol. The number of thiazole rings is 1. The topological polar surface area (TPSA) is 25.4 Å². The van der Waals surface area contributed by atoms with Crippen LogP contribution in [-0.4, -0.2) is 30.3 Å². The lowest BCUT2D eigenvalue weighted by Gasteiger charge is -2.35. The van der Waals surface area contributed by atoms with Crippen molar-refractivity contribution in [2.24, 2.45) is 0 Å². The number of aromatic nitrogens is 1. The highest BCUT2D eigenvalue weighted by atomic mass is 32.1. The first kappa shape index (κ1) is 14.2. The summed E-state index contributed by atoms with van der Waals surface area (Å²) in [6.07, 6.45) is 5.60. The summed E-state index contributed by atoms with van der Waals surface area (Å²) >= 11 is 1.83. The number of aryl methyl sites for hydroxylation is 1. The fraction of sp³-hybridized carbons (Fsp3) is 0.500. The van der Waals surface area contributed by atoms with Crippen LogP contribution in [0.1, 0.15) is 35.8 Å². The van der Waals surface area contributed by atoms with Crippen LogP contribution in [0.2, 0.25) is 0 Å². The second-order valence-electron chi connectivity index (χ2n) is 6.29. The molecule has 1 aromatic heterocycles. The Labute approximate surface area is 135 Å². The molecule has 0 unspecified atom stereocenters. The molecule has 116 valence electrons. The molecular weight excluding hydrogens is 292 g/mol. The molecule has 4 rings (SSSR count). The summed E-state index contributed by atoms with van der Waals surface area (Å²) in [6, 6.07) is 12.2. The molecule has 0 radical (unpaired) electrons. The standard InChI is InChI=1S/C18H22N2OS/c1-13-19-12-18(22-13)20(15-7-9-21-10-8-15)17-11-16(17)14-5-3-2-4-6-14/h2-6,12,15-17H,7-11H2,1H3/t16-,17+/m0/s1. The molecule has 1 aliphatic carbocycles. The summed E-state index contributed by atoms with van der Waals surface area (Å²) < 4.78 is 5.56. The van der Waals surface area contributed by atoms with Crippen molar-refractivity contribution in [1.29, 1.82) is 0 Å². The van der Waals surface area contributed by atoms with Gasteiger partial charge in [-0.2, -0.15) is 0 Å². The number of ether oxygens (including phenoxy) is 1. The zero-order valence-corrected chi connectivity index (χ0v) is 13.8. The van der Waals surface area contributed by atoms with Gasteiger partial charge in [0.05, 0.1) is 11.2 Å². The Morgan fingerprint density at radius 3 is 2.64 bits per heavy atom. The van der Waals surface area contributed by atoms with Crippen LogP contribution in [0.4, 0.5) is 5.00 Å². The van der Waals surface area contributed by atoms with E-state index in [-0.39, 0.29) is 0 Å². The monoisotopic (exact) mass is 314 g/mol. The first-order valence-corrected chi connectivity index (χ1v) is 8.98. The van der Waals surface area contributed by atoms with Crippen LogP contribution in [0.3, 0.4) is 0 Å². The molecule has 22 heavy (non-hydrogen) atoms. The van der Waals surface area contributed by atoms with E-state index in [4.69, 9.17) is 4.74 Å². The van der Waals surface area contributed by atoms with Crippen molar-refractivity contribution in [3.63, 3.8) is 0 Å². The zero-order chi connectivity index (χ0) is 14.9. The third-order valence-corrected chi connectivity index (χ3v) is 5.72. The Kier molecular flexibility index (Phi) is 3.89. The quantitative estimate of drug-likeness (QED) is 0.853. The zero-order valence-electron chi connectivity index (χ0n) is 12.9. The lowest BCUT2D eigenvalue weighted by atomic mass is 10.1. The molecular formula is C18H22N2OS. The molecule has 2 fully saturated rings. The van der Waals surface area contributed by atoms with Crippen molar-refractivity contribution in [3.8, 4) is 0 Å². The van der Waals surface area contributed by atoms with Gasteiger partial charge < -0.3 is 9.64 Å². The minimum Gasteiger partial charge on any atom is -0.381 e. The molecule has 3 nitrogen and oxygen atoms in total. The van der Waals surface area contributed by atoms with Crippen molar-refractivity contribution in [3.05, 3.63) is 47.1 Å². The van der Waals surface area contributed by atoms with E-state index in [1.54, 1.807) is 0 Å². The van der Waals surface area contributed by atoms with Gasteiger partial charge in [0.1, 0.15) is 5.00 Å². The molecule has 2 aliphatic rings. The molecule has 0 bridgehead atoms. The number of hydrogen-bond donors (Lipinski definition) is 0. The summed E-state index contributed by atoms with van der Waals surface area (Å²) in [5, 5.41) is 2.50. The molecule has 1 saturated carbocycles. The summed E-state index contributed by atoms with van der Waals surface area (Å²) in [7, 11) is 0.